The highest BCUT2D eigenvalue weighted by atomic mass is 19.1. The molecule has 1 saturated heterocycles. The van der Waals surface area contributed by atoms with Crippen molar-refractivity contribution in [2.75, 3.05) is 13.2 Å². The van der Waals surface area contributed by atoms with Gasteiger partial charge in [-0.05, 0) is 18.2 Å². The Morgan fingerprint density at radius 3 is 2.58 bits per heavy atom. The van der Waals surface area contributed by atoms with Crippen molar-refractivity contribution in [2.24, 2.45) is 0 Å². The second kappa shape index (κ2) is 5.79. The van der Waals surface area contributed by atoms with Crippen molar-refractivity contribution >= 4 is 11.8 Å². The maximum absolute atomic E-state index is 13.7. The first kappa shape index (κ1) is 13.5. The predicted molar refractivity (Wildman–Crippen MR) is 62.8 cm³/mol. The molecule has 1 fully saturated rings. The van der Waals surface area contributed by atoms with Crippen molar-refractivity contribution in [3.05, 3.63) is 29.6 Å². The van der Waals surface area contributed by atoms with E-state index in [-0.39, 0.29) is 17.4 Å². The van der Waals surface area contributed by atoms with Crippen molar-refractivity contribution in [1.82, 2.24) is 0 Å². The van der Waals surface area contributed by atoms with Crippen LogP contribution in [0.4, 0.5) is 4.39 Å². The third kappa shape index (κ3) is 3.29. The Balaban J connectivity index is 2.10. The van der Waals surface area contributed by atoms with Gasteiger partial charge in [-0.1, -0.05) is 0 Å². The SMILES string of the molecule is O=C(O)C(=O)c1ccc(OC2CCOCC2)c(F)c1. The number of aliphatic carboxylic acids is 1. The lowest BCUT2D eigenvalue weighted by atomic mass is 10.1. The number of benzene rings is 1. The second-order valence-electron chi connectivity index (χ2n) is 4.21. The fraction of sp³-hybridized carbons (Fsp3) is 0.385. The highest BCUT2D eigenvalue weighted by molar-refractivity contribution is 6.39. The predicted octanol–water partition coefficient (Wildman–Crippen LogP) is 1.65. The van der Waals surface area contributed by atoms with Crippen molar-refractivity contribution in [2.45, 2.75) is 18.9 Å². The van der Waals surface area contributed by atoms with Crippen LogP contribution >= 0.6 is 0 Å². The fourth-order valence-electron chi connectivity index (χ4n) is 1.83. The lowest BCUT2D eigenvalue weighted by Crippen LogP contribution is -2.26. The van der Waals surface area contributed by atoms with Crippen LogP contribution in [0.5, 0.6) is 5.75 Å². The average molecular weight is 268 g/mol. The lowest BCUT2D eigenvalue weighted by molar-refractivity contribution is -0.131. The molecule has 0 unspecified atom stereocenters. The van der Waals surface area contributed by atoms with Crippen LogP contribution in [0.1, 0.15) is 23.2 Å². The largest absolute Gasteiger partial charge is 0.487 e. The summed E-state index contributed by atoms with van der Waals surface area (Å²) < 4.78 is 24.4. The van der Waals surface area contributed by atoms with E-state index in [1.54, 1.807) is 0 Å². The summed E-state index contributed by atoms with van der Waals surface area (Å²) in [5.74, 6) is -3.47. The van der Waals surface area contributed by atoms with Gasteiger partial charge in [-0.25, -0.2) is 9.18 Å². The van der Waals surface area contributed by atoms with E-state index in [1.165, 1.54) is 12.1 Å². The molecule has 1 aromatic rings. The molecule has 0 bridgehead atoms. The monoisotopic (exact) mass is 268 g/mol. The van der Waals surface area contributed by atoms with Crippen LogP contribution in [0.25, 0.3) is 0 Å². The van der Waals surface area contributed by atoms with Crippen molar-refractivity contribution in [3.63, 3.8) is 0 Å². The molecule has 0 aliphatic carbocycles. The molecule has 1 aliphatic rings. The summed E-state index contributed by atoms with van der Waals surface area (Å²) in [6, 6.07) is 3.40. The van der Waals surface area contributed by atoms with Gasteiger partial charge in [-0.2, -0.15) is 0 Å². The molecular formula is C13H13FO5. The van der Waals surface area contributed by atoms with Crippen LogP contribution in [-0.2, 0) is 9.53 Å². The number of halogens is 1. The third-order valence-electron chi connectivity index (χ3n) is 2.85. The van der Waals surface area contributed by atoms with Gasteiger partial charge in [0.05, 0.1) is 13.2 Å². The highest BCUT2D eigenvalue weighted by Gasteiger charge is 2.20. The third-order valence-corrected chi connectivity index (χ3v) is 2.85. The Labute approximate surface area is 108 Å². The molecule has 6 heteroatoms. The summed E-state index contributed by atoms with van der Waals surface area (Å²) in [5.41, 5.74) is -0.204. The summed E-state index contributed by atoms with van der Waals surface area (Å²) >= 11 is 0. The second-order valence-corrected chi connectivity index (χ2v) is 4.21. The first-order valence-electron chi connectivity index (χ1n) is 5.89. The van der Waals surface area contributed by atoms with Gasteiger partial charge < -0.3 is 14.6 Å². The van der Waals surface area contributed by atoms with Crippen LogP contribution in [0.15, 0.2) is 18.2 Å². The zero-order valence-electron chi connectivity index (χ0n) is 10.1. The minimum atomic E-state index is -1.61. The Kier molecular flexibility index (Phi) is 4.11. The quantitative estimate of drug-likeness (QED) is 0.664. The normalized spacial score (nSPS) is 16.1. The number of Topliss-reactive ketones (excluding diaryl/α,β-unsaturated/α-hetero) is 1. The van der Waals surface area contributed by atoms with Gasteiger partial charge >= 0.3 is 5.97 Å². The molecule has 1 aromatic carbocycles. The summed E-state index contributed by atoms with van der Waals surface area (Å²) in [6.45, 7) is 1.14. The van der Waals surface area contributed by atoms with Gasteiger partial charge in [0.25, 0.3) is 5.78 Å². The molecule has 0 radical (unpaired) electrons. The van der Waals surface area contributed by atoms with Crippen molar-refractivity contribution in [1.29, 1.82) is 0 Å². The number of hydrogen-bond donors (Lipinski definition) is 1. The van der Waals surface area contributed by atoms with Crippen molar-refractivity contribution < 1.29 is 28.6 Å². The minimum absolute atomic E-state index is 0.0221. The topological polar surface area (TPSA) is 72.8 Å². The summed E-state index contributed by atoms with van der Waals surface area (Å²) in [4.78, 5) is 21.7. The Morgan fingerprint density at radius 1 is 1.32 bits per heavy atom. The molecule has 0 amide bonds. The molecule has 1 N–H and O–H groups in total. The molecule has 0 spiro atoms. The molecule has 1 aliphatic heterocycles. The van der Waals surface area contributed by atoms with Gasteiger partial charge in [0, 0.05) is 18.4 Å². The molecule has 0 atom stereocenters. The Bertz CT molecular complexity index is 494. The molecule has 2 rings (SSSR count). The van der Waals surface area contributed by atoms with E-state index >= 15 is 0 Å². The Hall–Kier alpha value is -1.95. The zero-order chi connectivity index (χ0) is 13.8. The minimum Gasteiger partial charge on any atom is -0.487 e. The van der Waals surface area contributed by atoms with Crippen LogP contribution in [-0.4, -0.2) is 36.2 Å². The Morgan fingerprint density at radius 2 is 2.00 bits per heavy atom. The van der Waals surface area contributed by atoms with Gasteiger partial charge in [0.1, 0.15) is 6.10 Å². The molecule has 19 heavy (non-hydrogen) atoms. The smallest absolute Gasteiger partial charge is 0.377 e. The lowest BCUT2D eigenvalue weighted by Gasteiger charge is -2.23. The number of ether oxygens (including phenoxy) is 2. The molecular weight excluding hydrogens is 255 g/mol. The molecule has 102 valence electrons. The maximum atomic E-state index is 13.7. The van der Waals surface area contributed by atoms with Gasteiger partial charge in [-0.15, -0.1) is 0 Å². The number of hydrogen-bond acceptors (Lipinski definition) is 4. The number of carbonyl (C=O) groups excluding carboxylic acids is 1. The van der Waals surface area contributed by atoms with Crippen LogP contribution in [0, 0.1) is 5.82 Å². The average Bonchev–Trinajstić information content (AvgIpc) is 2.41. The summed E-state index contributed by atoms with van der Waals surface area (Å²) in [7, 11) is 0. The van der Waals surface area contributed by atoms with Gasteiger partial charge in [-0.3, -0.25) is 4.79 Å². The first-order valence-corrected chi connectivity index (χ1v) is 5.89. The number of carboxylic acids is 1. The van der Waals surface area contributed by atoms with Crippen LogP contribution in [0.3, 0.4) is 0 Å². The molecule has 5 nitrogen and oxygen atoms in total. The van der Waals surface area contributed by atoms with Gasteiger partial charge in [0.2, 0.25) is 0 Å². The molecule has 0 aromatic heterocycles. The van der Waals surface area contributed by atoms with E-state index in [4.69, 9.17) is 14.6 Å². The maximum Gasteiger partial charge on any atom is 0.377 e. The van der Waals surface area contributed by atoms with Gasteiger partial charge in [0.15, 0.2) is 11.6 Å². The van der Waals surface area contributed by atoms with Crippen molar-refractivity contribution in [3.8, 4) is 5.75 Å². The van der Waals surface area contributed by atoms with E-state index in [0.29, 0.717) is 26.1 Å². The zero-order valence-corrected chi connectivity index (χ0v) is 10.1. The van der Waals surface area contributed by atoms with Crippen LogP contribution in [0.2, 0.25) is 0 Å². The van der Waals surface area contributed by atoms with E-state index in [0.717, 1.165) is 6.07 Å². The summed E-state index contributed by atoms with van der Waals surface area (Å²) in [5, 5.41) is 8.54. The van der Waals surface area contributed by atoms with E-state index in [1.807, 2.05) is 0 Å². The highest BCUT2D eigenvalue weighted by Crippen LogP contribution is 2.22. The number of carboxylic acid groups (broad SMARTS) is 1. The van der Waals surface area contributed by atoms with Crippen LogP contribution < -0.4 is 4.74 Å². The fourth-order valence-corrected chi connectivity index (χ4v) is 1.83. The van der Waals surface area contributed by atoms with E-state index in [9.17, 15) is 14.0 Å². The molecule has 1 heterocycles. The number of ketones is 1. The molecule has 0 saturated carbocycles. The number of rotatable bonds is 4. The number of carbonyl (C=O) groups is 2. The first-order chi connectivity index (χ1) is 9.08. The summed E-state index contributed by atoms with van der Waals surface area (Å²) in [6.07, 6.45) is 1.23. The van der Waals surface area contributed by atoms with E-state index < -0.39 is 17.6 Å². The standard InChI is InChI=1S/C13H13FO5/c14-10-7-8(12(15)13(16)17)1-2-11(10)19-9-3-5-18-6-4-9/h1-2,7,9H,3-6H2,(H,16,17). The van der Waals surface area contributed by atoms with E-state index in [2.05, 4.69) is 0 Å².